The number of aromatic nitrogens is 3. The number of hydrogen-bond acceptors (Lipinski definition) is 5. The summed E-state index contributed by atoms with van der Waals surface area (Å²) in [5, 5.41) is 0.149. The SMILES string of the molecule is COc1c(CS(=O)c2nc3ccc(OC(F)F)cc3[nH]2)[nH]ccc1=O.[H-].[H-].[Na+].[Na+]. The van der Waals surface area contributed by atoms with E-state index in [2.05, 4.69) is 19.7 Å². The van der Waals surface area contributed by atoms with Gasteiger partial charge in [-0.2, -0.15) is 8.78 Å². The van der Waals surface area contributed by atoms with Crippen molar-refractivity contribution in [3.05, 3.63) is 46.4 Å². The fourth-order valence-corrected chi connectivity index (χ4v) is 3.32. The number of imidazole rings is 1. The molecule has 1 unspecified atom stereocenters. The second-order valence-electron chi connectivity index (χ2n) is 4.94. The van der Waals surface area contributed by atoms with Crippen LogP contribution in [-0.4, -0.2) is 32.9 Å². The molecule has 0 aliphatic heterocycles. The van der Waals surface area contributed by atoms with Gasteiger partial charge in [-0.3, -0.25) is 9.00 Å². The third kappa shape index (κ3) is 5.86. The van der Waals surface area contributed by atoms with Gasteiger partial charge in [0.25, 0.3) is 0 Å². The van der Waals surface area contributed by atoms with Gasteiger partial charge in [-0.05, 0) is 12.1 Å². The van der Waals surface area contributed by atoms with Gasteiger partial charge < -0.3 is 22.3 Å². The molecule has 3 rings (SSSR count). The smallest absolute Gasteiger partial charge is 1.00 e. The summed E-state index contributed by atoms with van der Waals surface area (Å²) in [6.45, 7) is -2.93. The maximum Gasteiger partial charge on any atom is 1.00 e. The number of H-pyrrole nitrogens is 2. The number of nitrogens with zero attached hydrogens (tertiary/aromatic N) is 1. The van der Waals surface area contributed by atoms with E-state index in [1.54, 1.807) is 0 Å². The minimum atomic E-state index is -2.93. The molecule has 12 heteroatoms. The normalized spacial score (nSPS) is 11.6. The molecule has 0 amide bonds. The Hall–Kier alpha value is -0.750. The van der Waals surface area contributed by atoms with Crippen molar-refractivity contribution >= 4 is 21.8 Å². The monoisotopic (exact) mass is 417 g/mol. The van der Waals surface area contributed by atoms with E-state index < -0.39 is 17.4 Å². The standard InChI is InChI=1S/C15H13F2N3O4S.2Na.2H/c1-23-13-11(18-5-4-12(13)21)7-25(22)15-19-9-3-2-8(24-14(16)17)6-10(9)20-15;;;;/h2-6,14H,7H2,1H3,(H,18,21)(H,19,20);;;;/q;2*+1;2*-1. The zero-order valence-electron chi connectivity index (χ0n) is 16.9. The van der Waals surface area contributed by atoms with E-state index in [-0.39, 0.29) is 89.8 Å². The van der Waals surface area contributed by atoms with Crippen molar-refractivity contribution in [2.45, 2.75) is 17.5 Å². The summed E-state index contributed by atoms with van der Waals surface area (Å²) in [6.07, 6.45) is 1.43. The molecule has 0 saturated carbocycles. The molecule has 1 atom stereocenters. The number of fused-ring (bicyclic) bond motifs is 1. The van der Waals surface area contributed by atoms with Crippen LogP contribution < -0.4 is 74.0 Å². The van der Waals surface area contributed by atoms with Crippen molar-refractivity contribution < 1.29 is 84.4 Å². The van der Waals surface area contributed by atoms with E-state index in [0.29, 0.717) is 16.7 Å². The van der Waals surface area contributed by atoms with Crippen molar-refractivity contribution in [1.29, 1.82) is 0 Å². The van der Waals surface area contributed by atoms with Crippen LogP contribution >= 0.6 is 0 Å². The summed E-state index contributed by atoms with van der Waals surface area (Å²) in [5.74, 6) is 0.0246. The number of halogens is 2. The first-order valence-electron chi connectivity index (χ1n) is 7.05. The predicted molar refractivity (Wildman–Crippen MR) is 88.7 cm³/mol. The van der Waals surface area contributed by atoms with Crippen LogP contribution in [0, 0.1) is 0 Å². The number of alkyl halides is 2. The van der Waals surface area contributed by atoms with Crippen molar-refractivity contribution in [1.82, 2.24) is 15.0 Å². The van der Waals surface area contributed by atoms with E-state index >= 15 is 0 Å². The number of nitrogens with one attached hydrogen (secondary N) is 2. The fraction of sp³-hybridized carbons (Fsp3) is 0.200. The molecule has 2 heterocycles. The second kappa shape index (κ2) is 10.7. The number of methoxy groups -OCH3 is 1. The number of aromatic amines is 2. The van der Waals surface area contributed by atoms with E-state index in [9.17, 15) is 17.8 Å². The third-order valence-electron chi connectivity index (χ3n) is 3.34. The number of rotatable bonds is 6. The number of benzene rings is 1. The predicted octanol–water partition coefficient (Wildman–Crippen LogP) is -3.60. The van der Waals surface area contributed by atoms with Crippen molar-refractivity contribution in [3.8, 4) is 11.5 Å². The van der Waals surface area contributed by atoms with Gasteiger partial charge >= 0.3 is 65.7 Å². The van der Waals surface area contributed by atoms with E-state index in [1.807, 2.05) is 0 Å². The Labute approximate surface area is 202 Å². The topological polar surface area (TPSA) is 97.1 Å². The number of hydrogen-bond donors (Lipinski definition) is 2. The van der Waals surface area contributed by atoms with Gasteiger partial charge in [0.2, 0.25) is 5.43 Å². The Kier molecular flexibility index (Phi) is 9.63. The average molecular weight is 417 g/mol. The van der Waals surface area contributed by atoms with Crippen LogP contribution in [0.3, 0.4) is 0 Å². The van der Waals surface area contributed by atoms with Crippen LogP contribution in [0.5, 0.6) is 11.5 Å². The molecule has 0 fully saturated rings. The van der Waals surface area contributed by atoms with Gasteiger partial charge in [-0.15, -0.1) is 0 Å². The molecule has 2 aromatic heterocycles. The Morgan fingerprint density at radius 2 is 2.04 bits per heavy atom. The molecule has 1 aromatic carbocycles. The molecule has 0 saturated heterocycles. The Balaban J connectivity index is 0. The summed E-state index contributed by atoms with van der Waals surface area (Å²) in [4.78, 5) is 21.5. The molecule has 0 bridgehead atoms. The first-order chi connectivity index (χ1) is 12.0. The molecule has 136 valence electrons. The first-order valence-corrected chi connectivity index (χ1v) is 8.37. The molecule has 2 N–H and O–H groups in total. The summed E-state index contributed by atoms with van der Waals surface area (Å²) in [5.41, 5.74) is 0.913. The van der Waals surface area contributed by atoms with Gasteiger partial charge in [0.05, 0.1) is 40.4 Å². The van der Waals surface area contributed by atoms with Gasteiger partial charge in [-0.25, -0.2) is 4.98 Å². The Morgan fingerprint density at radius 3 is 2.70 bits per heavy atom. The van der Waals surface area contributed by atoms with Crippen molar-refractivity contribution in [3.63, 3.8) is 0 Å². The second-order valence-corrected chi connectivity index (χ2v) is 6.31. The molecule has 0 spiro atoms. The van der Waals surface area contributed by atoms with Crippen LogP contribution in [0.2, 0.25) is 0 Å². The first kappa shape index (κ1) is 24.3. The molecular weight excluding hydrogens is 402 g/mol. The van der Waals surface area contributed by atoms with Crippen LogP contribution in [0.4, 0.5) is 8.78 Å². The number of ether oxygens (including phenoxy) is 2. The van der Waals surface area contributed by atoms with Gasteiger partial charge in [-0.1, -0.05) is 0 Å². The molecule has 7 nitrogen and oxygen atoms in total. The van der Waals surface area contributed by atoms with Crippen LogP contribution in [0.15, 0.2) is 40.4 Å². The van der Waals surface area contributed by atoms with Gasteiger partial charge in [0, 0.05) is 18.3 Å². The Morgan fingerprint density at radius 1 is 1.30 bits per heavy atom. The van der Waals surface area contributed by atoms with Crippen LogP contribution in [0.25, 0.3) is 11.0 Å². The van der Waals surface area contributed by atoms with Crippen LogP contribution in [-0.2, 0) is 16.6 Å². The van der Waals surface area contributed by atoms with E-state index in [1.165, 1.54) is 37.6 Å². The summed E-state index contributed by atoms with van der Waals surface area (Å²) in [6, 6.07) is 5.48. The largest absolute Gasteiger partial charge is 1.00 e. The molecule has 27 heavy (non-hydrogen) atoms. The summed E-state index contributed by atoms with van der Waals surface area (Å²) >= 11 is 0. The van der Waals surface area contributed by atoms with E-state index in [4.69, 9.17) is 4.74 Å². The molecule has 0 aliphatic carbocycles. The number of pyridine rings is 1. The fourth-order valence-electron chi connectivity index (χ4n) is 2.29. The Bertz CT molecular complexity index is 1010. The zero-order chi connectivity index (χ0) is 18.0. The van der Waals surface area contributed by atoms with E-state index in [0.717, 1.165) is 0 Å². The van der Waals surface area contributed by atoms with Crippen molar-refractivity contribution in [2.75, 3.05) is 7.11 Å². The van der Waals surface area contributed by atoms with Gasteiger partial charge in [0.15, 0.2) is 10.9 Å². The minimum absolute atomic E-state index is 0. The summed E-state index contributed by atoms with van der Waals surface area (Å²) < 4.78 is 46.4. The molecular formula is C15H15F2N3Na2O4S. The van der Waals surface area contributed by atoms with Crippen molar-refractivity contribution in [2.24, 2.45) is 0 Å². The maximum atomic E-state index is 12.5. The quantitative estimate of drug-likeness (QED) is 0.404. The zero-order valence-corrected chi connectivity index (χ0v) is 19.7. The summed E-state index contributed by atoms with van der Waals surface area (Å²) in [7, 11) is -0.260. The maximum absolute atomic E-state index is 12.5. The molecule has 0 radical (unpaired) electrons. The average Bonchev–Trinajstić information content (AvgIpc) is 2.98. The molecule has 0 aliphatic rings. The van der Waals surface area contributed by atoms with Gasteiger partial charge in [0.1, 0.15) is 5.75 Å². The third-order valence-corrected chi connectivity index (χ3v) is 4.52. The minimum Gasteiger partial charge on any atom is -1.00 e. The van der Waals surface area contributed by atoms with Crippen LogP contribution in [0.1, 0.15) is 8.55 Å². The molecule has 3 aromatic rings.